The van der Waals surface area contributed by atoms with Crippen molar-refractivity contribution in [3.05, 3.63) is 17.5 Å². The van der Waals surface area contributed by atoms with Crippen molar-refractivity contribution in [3.63, 3.8) is 0 Å². The SMILES string of the molecule is Cc1cc(C[C@@H]2CN(CC3CCC3)C[C@H]2O)on1.O=CO. The van der Waals surface area contributed by atoms with Crippen molar-refractivity contribution in [3.8, 4) is 0 Å². The highest BCUT2D eigenvalue weighted by Crippen LogP contribution is 2.30. The average molecular weight is 296 g/mol. The lowest BCUT2D eigenvalue weighted by Gasteiger charge is -2.29. The van der Waals surface area contributed by atoms with E-state index in [4.69, 9.17) is 14.4 Å². The number of hydrogen-bond acceptors (Lipinski definition) is 5. The number of carbonyl (C=O) groups is 1. The van der Waals surface area contributed by atoms with Gasteiger partial charge >= 0.3 is 0 Å². The maximum Gasteiger partial charge on any atom is 0.290 e. The van der Waals surface area contributed by atoms with E-state index in [9.17, 15) is 5.11 Å². The lowest BCUT2D eigenvalue weighted by atomic mass is 9.85. The molecular weight excluding hydrogens is 272 g/mol. The first kappa shape index (κ1) is 16.0. The van der Waals surface area contributed by atoms with E-state index in [1.807, 2.05) is 13.0 Å². The van der Waals surface area contributed by atoms with Crippen LogP contribution in [0, 0.1) is 18.8 Å². The summed E-state index contributed by atoms with van der Waals surface area (Å²) in [5.41, 5.74) is 0.920. The Labute approximate surface area is 124 Å². The summed E-state index contributed by atoms with van der Waals surface area (Å²) < 4.78 is 5.24. The molecule has 1 aromatic rings. The van der Waals surface area contributed by atoms with Gasteiger partial charge in [0, 0.05) is 38.0 Å². The van der Waals surface area contributed by atoms with Crippen LogP contribution in [0.4, 0.5) is 0 Å². The normalized spacial score (nSPS) is 26.0. The van der Waals surface area contributed by atoms with Gasteiger partial charge in [-0.25, -0.2) is 0 Å². The van der Waals surface area contributed by atoms with Crippen LogP contribution in [0.3, 0.4) is 0 Å². The van der Waals surface area contributed by atoms with E-state index in [1.165, 1.54) is 25.8 Å². The Morgan fingerprint density at radius 2 is 2.19 bits per heavy atom. The minimum atomic E-state index is -0.250. The average Bonchev–Trinajstić information content (AvgIpc) is 2.93. The van der Waals surface area contributed by atoms with Gasteiger partial charge in [-0.15, -0.1) is 0 Å². The van der Waals surface area contributed by atoms with Gasteiger partial charge in [0.25, 0.3) is 6.47 Å². The van der Waals surface area contributed by atoms with Crippen LogP contribution in [0.25, 0.3) is 0 Å². The predicted molar refractivity (Wildman–Crippen MR) is 76.9 cm³/mol. The van der Waals surface area contributed by atoms with Crippen molar-refractivity contribution in [2.45, 2.75) is 38.7 Å². The van der Waals surface area contributed by atoms with E-state index < -0.39 is 0 Å². The molecular formula is C15H24N2O4. The van der Waals surface area contributed by atoms with E-state index in [2.05, 4.69) is 10.1 Å². The molecule has 0 bridgehead atoms. The molecule has 1 aromatic heterocycles. The molecule has 21 heavy (non-hydrogen) atoms. The van der Waals surface area contributed by atoms with Crippen LogP contribution in [0.2, 0.25) is 0 Å². The largest absolute Gasteiger partial charge is 0.483 e. The number of carboxylic acid groups (broad SMARTS) is 1. The zero-order valence-corrected chi connectivity index (χ0v) is 12.4. The first-order valence-electron chi connectivity index (χ1n) is 7.52. The summed E-state index contributed by atoms with van der Waals surface area (Å²) in [7, 11) is 0. The van der Waals surface area contributed by atoms with E-state index in [0.29, 0.717) is 5.92 Å². The van der Waals surface area contributed by atoms with Gasteiger partial charge in [-0.05, 0) is 25.7 Å². The second-order valence-electron chi connectivity index (χ2n) is 6.09. The first-order chi connectivity index (χ1) is 10.1. The van der Waals surface area contributed by atoms with Crippen molar-refractivity contribution in [1.29, 1.82) is 0 Å². The Morgan fingerprint density at radius 3 is 2.71 bits per heavy atom. The molecule has 6 heteroatoms. The Bertz CT molecular complexity index is 445. The number of aliphatic hydroxyl groups excluding tert-OH is 1. The molecule has 6 nitrogen and oxygen atoms in total. The molecule has 0 unspecified atom stereocenters. The summed E-state index contributed by atoms with van der Waals surface area (Å²) in [6, 6.07) is 1.97. The van der Waals surface area contributed by atoms with Crippen molar-refractivity contribution in [1.82, 2.24) is 10.1 Å². The molecule has 1 aliphatic carbocycles. The Balaban J connectivity index is 0.000000497. The smallest absolute Gasteiger partial charge is 0.290 e. The molecule has 118 valence electrons. The van der Waals surface area contributed by atoms with Gasteiger partial charge < -0.3 is 19.6 Å². The quantitative estimate of drug-likeness (QED) is 0.815. The van der Waals surface area contributed by atoms with E-state index in [0.717, 1.165) is 36.9 Å². The molecule has 0 amide bonds. The fourth-order valence-electron chi connectivity index (χ4n) is 3.10. The topological polar surface area (TPSA) is 86.8 Å². The van der Waals surface area contributed by atoms with Gasteiger partial charge in [-0.1, -0.05) is 11.6 Å². The van der Waals surface area contributed by atoms with Gasteiger partial charge in [0.15, 0.2) is 0 Å². The number of β-amino-alcohol motifs (C(OH)–C–C–N with tert-alkyl or cyclic N) is 1. The third-order valence-corrected chi connectivity index (χ3v) is 4.36. The Kier molecular flexibility index (Phi) is 5.76. The molecule has 1 saturated heterocycles. The van der Waals surface area contributed by atoms with Crippen molar-refractivity contribution in [2.75, 3.05) is 19.6 Å². The molecule has 2 fully saturated rings. The van der Waals surface area contributed by atoms with Crippen molar-refractivity contribution in [2.24, 2.45) is 11.8 Å². The second kappa shape index (κ2) is 7.56. The van der Waals surface area contributed by atoms with Crippen LogP contribution < -0.4 is 0 Å². The van der Waals surface area contributed by atoms with Gasteiger partial charge in [0.05, 0.1) is 11.8 Å². The van der Waals surface area contributed by atoms with Crippen LogP contribution in [-0.4, -0.2) is 52.5 Å². The molecule has 2 N–H and O–H groups in total. The van der Waals surface area contributed by atoms with Gasteiger partial charge in [0.2, 0.25) is 0 Å². The van der Waals surface area contributed by atoms with E-state index >= 15 is 0 Å². The lowest BCUT2D eigenvalue weighted by molar-refractivity contribution is -0.122. The monoisotopic (exact) mass is 296 g/mol. The highest BCUT2D eigenvalue weighted by atomic mass is 16.5. The number of aliphatic hydroxyl groups is 1. The lowest BCUT2D eigenvalue weighted by Crippen LogP contribution is -2.31. The summed E-state index contributed by atoms with van der Waals surface area (Å²) in [4.78, 5) is 10.8. The second-order valence-corrected chi connectivity index (χ2v) is 6.09. The van der Waals surface area contributed by atoms with Crippen molar-refractivity contribution >= 4 is 6.47 Å². The fraction of sp³-hybridized carbons (Fsp3) is 0.733. The zero-order valence-electron chi connectivity index (χ0n) is 12.4. The third kappa shape index (κ3) is 4.54. The minimum absolute atomic E-state index is 0.213. The maximum atomic E-state index is 10.1. The molecule has 1 saturated carbocycles. The maximum absolute atomic E-state index is 10.1. The van der Waals surface area contributed by atoms with E-state index in [-0.39, 0.29) is 12.6 Å². The molecule has 2 aliphatic rings. The number of aryl methyl sites for hydroxylation is 1. The summed E-state index contributed by atoms with van der Waals surface area (Å²) >= 11 is 0. The summed E-state index contributed by atoms with van der Waals surface area (Å²) in [6.07, 6.45) is 4.73. The molecule has 0 spiro atoms. The molecule has 3 rings (SSSR count). The van der Waals surface area contributed by atoms with Gasteiger partial charge in [-0.2, -0.15) is 0 Å². The Hall–Kier alpha value is -1.40. The summed E-state index contributed by atoms with van der Waals surface area (Å²) in [5, 5.41) is 20.9. The third-order valence-electron chi connectivity index (χ3n) is 4.36. The number of rotatable bonds is 4. The Morgan fingerprint density at radius 1 is 1.48 bits per heavy atom. The standard InChI is InChI=1S/C14H22N2O2.CH2O2/c1-10-5-13(18-15-10)6-12-8-16(9-14(12)17)7-11-3-2-4-11;2-1-3/h5,11-12,14,17H,2-4,6-9H2,1H3;1H,(H,2,3)/t12-,14-;/m1./s1. The zero-order chi connectivity index (χ0) is 15.2. The van der Waals surface area contributed by atoms with Gasteiger partial charge in [0.1, 0.15) is 5.76 Å². The molecule has 2 heterocycles. The minimum Gasteiger partial charge on any atom is -0.483 e. The van der Waals surface area contributed by atoms with Crippen LogP contribution in [-0.2, 0) is 11.2 Å². The van der Waals surface area contributed by atoms with Crippen molar-refractivity contribution < 1.29 is 19.5 Å². The number of hydrogen-bond donors (Lipinski definition) is 2. The summed E-state index contributed by atoms with van der Waals surface area (Å²) in [6.45, 7) is 4.68. The number of nitrogens with zero attached hydrogens (tertiary/aromatic N) is 2. The van der Waals surface area contributed by atoms with E-state index in [1.54, 1.807) is 0 Å². The summed E-state index contributed by atoms with van der Waals surface area (Å²) in [5.74, 6) is 2.09. The molecule has 0 radical (unpaired) electrons. The number of likely N-dealkylation sites (tertiary alicyclic amines) is 1. The van der Waals surface area contributed by atoms with Crippen LogP contribution in [0.1, 0.15) is 30.7 Å². The molecule has 0 aromatic carbocycles. The van der Waals surface area contributed by atoms with Crippen LogP contribution >= 0.6 is 0 Å². The molecule has 2 atom stereocenters. The predicted octanol–water partition coefficient (Wildman–Crippen LogP) is 1.32. The molecule has 1 aliphatic heterocycles. The first-order valence-corrected chi connectivity index (χ1v) is 7.52. The highest BCUT2D eigenvalue weighted by molar-refractivity contribution is 5.32. The van der Waals surface area contributed by atoms with Gasteiger partial charge in [-0.3, -0.25) is 4.79 Å². The van der Waals surface area contributed by atoms with Crippen LogP contribution in [0.15, 0.2) is 10.6 Å². The fourth-order valence-corrected chi connectivity index (χ4v) is 3.10. The highest BCUT2D eigenvalue weighted by Gasteiger charge is 2.34. The van der Waals surface area contributed by atoms with Crippen LogP contribution in [0.5, 0.6) is 0 Å². The number of aromatic nitrogens is 1.